The molecular weight excluding hydrogens is 299 g/mol. The molecule has 0 bridgehead atoms. The molecule has 1 unspecified atom stereocenters. The average molecular weight is 317 g/mol. The van der Waals surface area contributed by atoms with Crippen LogP contribution < -0.4 is 10.1 Å². The molecule has 0 aromatic heterocycles. The summed E-state index contributed by atoms with van der Waals surface area (Å²) in [6.07, 6.45) is -1.62. The number of aliphatic hydroxyl groups excluding tert-OH is 1. The van der Waals surface area contributed by atoms with Gasteiger partial charge in [0.2, 0.25) is 0 Å². The Morgan fingerprint density at radius 2 is 1.95 bits per heavy atom. The van der Waals surface area contributed by atoms with Gasteiger partial charge in [0, 0.05) is 6.54 Å². The molecule has 4 nitrogen and oxygen atoms in total. The molecule has 2 rings (SSSR count). The number of rotatable bonds is 5. The Hall–Kier alpha value is -1.76. The van der Waals surface area contributed by atoms with E-state index in [-0.39, 0.29) is 18.0 Å². The van der Waals surface area contributed by atoms with Crippen LogP contribution in [0.15, 0.2) is 24.3 Å². The van der Waals surface area contributed by atoms with Gasteiger partial charge >= 0.3 is 6.36 Å². The number of halogens is 3. The lowest BCUT2D eigenvalue weighted by molar-refractivity contribution is -0.274. The van der Waals surface area contributed by atoms with Crippen LogP contribution in [0, 0.1) is 5.92 Å². The molecule has 1 aromatic rings. The largest absolute Gasteiger partial charge is 0.573 e. The first-order valence-corrected chi connectivity index (χ1v) is 7.18. The van der Waals surface area contributed by atoms with Crippen LogP contribution >= 0.6 is 0 Å². The average Bonchev–Trinajstić information content (AvgIpc) is 2.97. The van der Waals surface area contributed by atoms with Gasteiger partial charge < -0.3 is 15.2 Å². The van der Waals surface area contributed by atoms with E-state index in [1.165, 1.54) is 18.2 Å². The second kappa shape index (κ2) is 7.00. The molecule has 0 heterocycles. The van der Waals surface area contributed by atoms with Crippen LogP contribution in [0.25, 0.3) is 0 Å². The molecule has 0 aliphatic heterocycles. The van der Waals surface area contributed by atoms with E-state index in [1.54, 1.807) is 0 Å². The van der Waals surface area contributed by atoms with Crippen molar-refractivity contribution in [3.63, 3.8) is 0 Å². The third-order valence-electron chi connectivity index (χ3n) is 3.77. The SMILES string of the molecule is O=C(NCC(O)C1CCCC1)c1ccccc1OC(F)(F)F. The van der Waals surface area contributed by atoms with Crippen molar-refractivity contribution < 1.29 is 27.8 Å². The molecule has 122 valence electrons. The smallest absolute Gasteiger partial charge is 0.405 e. The van der Waals surface area contributed by atoms with Gasteiger partial charge in [-0.05, 0) is 30.9 Å². The number of ether oxygens (including phenoxy) is 1. The Bertz CT molecular complexity index is 513. The zero-order valence-electron chi connectivity index (χ0n) is 11.9. The van der Waals surface area contributed by atoms with E-state index >= 15 is 0 Å². The summed E-state index contributed by atoms with van der Waals surface area (Å²) >= 11 is 0. The monoisotopic (exact) mass is 317 g/mol. The molecule has 0 radical (unpaired) electrons. The number of hydrogen-bond donors (Lipinski definition) is 2. The molecule has 0 saturated heterocycles. The highest BCUT2D eigenvalue weighted by Crippen LogP contribution is 2.28. The summed E-state index contributed by atoms with van der Waals surface area (Å²) in [5, 5.41) is 12.4. The lowest BCUT2D eigenvalue weighted by Crippen LogP contribution is -2.36. The normalized spacial score (nSPS) is 17.3. The van der Waals surface area contributed by atoms with E-state index in [0.29, 0.717) is 0 Å². The molecule has 1 aliphatic carbocycles. The molecule has 7 heteroatoms. The van der Waals surface area contributed by atoms with E-state index < -0.39 is 24.1 Å². The van der Waals surface area contributed by atoms with Crippen molar-refractivity contribution in [2.45, 2.75) is 38.1 Å². The number of para-hydroxylation sites is 1. The van der Waals surface area contributed by atoms with Crippen molar-refractivity contribution in [2.24, 2.45) is 5.92 Å². The fourth-order valence-corrected chi connectivity index (χ4v) is 2.67. The lowest BCUT2D eigenvalue weighted by Gasteiger charge is -2.18. The van der Waals surface area contributed by atoms with Gasteiger partial charge in [0.05, 0.1) is 11.7 Å². The quantitative estimate of drug-likeness (QED) is 0.878. The first-order chi connectivity index (χ1) is 10.4. The van der Waals surface area contributed by atoms with Crippen LogP contribution in [0.2, 0.25) is 0 Å². The van der Waals surface area contributed by atoms with Crippen LogP contribution in [-0.4, -0.2) is 30.0 Å². The van der Waals surface area contributed by atoms with Crippen molar-refractivity contribution >= 4 is 5.91 Å². The van der Waals surface area contributed by atoms with Gasteiger partial charge in [0.15, 0.2) is 0 Å². The number of alkyl halides is 3. The minimum atomic E-state index is -4.86. The molecule has 1 fully saturated rings. The number of benzene rings is 1. The maximum absolute atomic E-state index is 12.3. The first-order valence-electron chi connectivity index (χ1n) is 7.18. The van der Waals surface area contributed by atoms with Crippen LogP contribution in [0.5, 0.6) is 5.75 Å². The van der Waals surface area contributed by atoms with Crippen molar-refractivity contribution in [2.75, 3.05) is 6.54 Å². The highest BCUT2D eigenvalue weighted by molar-refractivity contribution is 5.96. The van der Waals surface area contributed by atoms with Gasteiger partial charge in [-0.3, -0.25) is 4.79 Å². The molecule has 1 saturated carbocycles. The maximum Gasteiger partial charge on any atom is 0.573 e. The van der Waals surface area contributed by atoms with Crippen LogP contribution in [0.3, 0.4) is 0 Å². The predicted molar refractivity (Wildman–Crippen MR) is 73.4 cm³/mol. The van der Waals surface area contributed by atoms with Gasteiger partial charge in [-0.25, -0.2) is 0 Å². The van der Waals surface area contributed by atoms with Gasteiger partial charge in [-0.15, -0.1) is 13.2 Å². The van der Waals surface area contributed by atoms with Crippen molar-refractivity contribution in [1.29, 1.82) is 0 Å². The van der Waals surface area contributed by atoms with Gasteiger partial charge in [-0.2, -0.15) is 0 Å². The Morgan fingerprint density at radius 3 is 2.59 bits per heavy atom. The van der Waals surface area contributed by atoms with Crippen molar-refractivity contribution in [3.8, 4) is 5.75 Å². The van der Waals surface area contributed by atoms with Crippen LogP contribution in [0.4, 0.5) is 13.2 Å². The Morgan fingerprint density at radius 1 is 1.32 bits per heavy atom. The van der Waals surface area contributed by atoms with E-state index in [2.05, 4.69) is 10.1 Å². The number of carbonyl (C=O) groups is 1. The summed E-state index contributed by atoms with van der Waals surface area (Å²) in [7, 11) is 0. The molecule has 22 heavy (non-hydrogen) atoms. The molecule has 0 spiro atoms. The maximum atomic E-state index is 12.3. The zero-order chi connectivity index (χ0) is 16.2. The molecule has 1 aromatic carbocycles. The zero-order valence-corrected chi connectivity index (χ0v) is 11.9. The van der Waals surface area contributed by atoms with Crippen molar-refractivity contribution in [3.05, 3.63) is 29.8 Å². The Balaban J connectivity index is 1.97. The number of nitrogens with one attached hydrogen (secondary N) is 1. The number of aliphatic hydroxyl groups is 1. The van der Waals surface area contributed by atoms with E-state index in [9.17, 15) is 23.1 Å². The van der Waals surface area contributed by atoms with Crippen molar-refractivity contribution in [1.82, 2.24) is 5.32 Å². The first kappa shape index (κ1) is 16.6. The van der Waals surface area contributed by atoms with Gasteiger partial charge in [-0.1, -0.05) is 25.0 Å². The Kier molecular flexibility index (Phi) is 5.28. The molecule has 2 N–H and O–H groups in total. The van der Waals surface area contributed by atoms with E-state index in [4.69, 9.17) is 0 Å². The third kappa shape index (κ3) is 4.62. The summed E-state index contributed by atoms with van der Waals surface area (Å²) in [5.74, 6) is -1.11. The second-order valence-electron chi connectivity index (χ2n) is 5.37. The molecule has 1 aliphatic rings. The fourth-order valence-electron chi connectivity index (χ4n) is 2.67. The van der Waals surface area contributed by atoms with Crippen LogP contribution in [-0.2, 0) is 0 Å². The minimum absolute atomic E-state index is 0.0177. The molecular formula is C15H18F3NO3. The summed E-state index contributed by atoms with van der Waals surface area (Å²) in [6, 6.07) is 5.13. The lowest BCUT2D eigenvalue weighted by atomic mass is 10.0. The summed E-state index contributed by atoms with van der Waals surface area (Å²) in [5.41, 5.74) is -0.210. The predicted octanol–water partition coefficient (Wildman–Crippen LogP) is 2.87. The summed E-state index contributed by atoms with van der Waals surface area (Å²) in [6.45, 7) is 0.0177. The van der Waals surface area contributed by atoms with Crippen LogP contribution in [0.1, 0.15) is 36.0 Å². The minimum Gasteiger partial charge on any atom is -0.405 e. The Labute approximate surface area is 126 Å². The van der Waals surface area contributed by atoms with Gasteiger partial charge in [0.25, 0.3) is 5.91 Å². The summed E-state index contributed by atoms with van der Waals surface area (Å²) in [4.78, 5) is 12.0. The van der Waals surface area contributed by atoms with E-state index in [0.717, 1.165) is 31.7 Å². The third-order valence-corrected chi connectivity index (χ3v) is 3.77. The second-order valence-corrected chi connectivity index (χ2v) is 5.37. The highest BCUT2D eigenvalue weighted by atomic mass is 19.4. The van der Waals surface area contributed by atoms with E-state index in [1.807, 2.05) is 0 Å². The summed E-state index contributed by atoms with van der Waals surface area (Å²) < 4.78 is 40.8. The molecule has 1 atom stereocenters. The fraction of sp³-hybridized carbons (Fsp3) is 0.533. The number of hydrogen-bond acceptors (Lipinski definition) is 3. The highest BCUT2D eigenvalue weighted by Gasteiger charge is 2.33. The number of amides is 1. The van der Waals surface area contributed by atoms with Gasteiger partial charge in [0.1, 0.15) is 5.75 Å². The molecule has 1 amide bonds. The standard InChI is InChI=1S/C15H18F3NO3/c16-15(17,18)22-13-8-4-3-7-11(13)14(21)19-9-12(20)10-5-1-2-6-10/h3-4,7-8,10,12,20H,1-2,5-6,9H2,(H,19,21). The number of carbonyl (C=O) groups excluding carboxylic acids is 1. The topological polar surface area (TPSA) is 58.6 Å².